The first-order chi connectivity index (χ1) is 12.1. The van der Waals surface area contributed by atoms with Crippen LogP contribution in [0.15, 0.2) is 18.2 Å². The van der Waals surface area contributed by atoms with Crippen LogP contribution in [0.5, 0.6) is 5.75 Å². The molecule has 0 bridgehead atoms. The highest BCUT2D eigenvalue weighted by Crippen LogP contribution is 2.34. The van der Waals surface area contributed by atoms with Crippen molar-refractivity contribution in [1.82, 2.24) is 0 Å². The third kappa shape index (κ3) is 4.12. The van der Waals surface area contributed by atoms with Crippen LogP contribution in [0.4, 0.5) is 11.4 Å². The Labute approximate surface area is 148 Å². The predicted octanol–water partition coefficient (Wildman–Crippen LogP) is 2.67. The molecule has 3 N–H and O–H groups in total. The van der Waals surface area contributed by atoms with Gasteiger partial charge in [-0.15, -0.1) is 0 Å². The maximum atomic E-state index is 12.3. The van der Waals surface area contributed by atoms with Gasteiger partial charge in [0, 0.05) is 37.2 Å². The molecule has 1 aliphatic heterocycles. The normalized spacial score (nSPS) is 23.6. The SMILES string of the molecule is COc1cc(NC(=O)CC2CCCCC2N)ccc1N1CCCC1=O. The lowest BCUT2D eigenvalue weighted by molar-refractivity contribution is -0.118. The smallest absolute Gasteiger partial charge is 0.227 e. The standard InChI is InChI=1S/C19H27N3O3/c1-25-17-12-14(8-9-16(17)22-10-4-7-19(22)24)21-18(23)11-13-5-2-3-6-15(13)20/h8-9,12-13,15H,2-7,10-11,20H2,1H3,(H,21,23). The lowest BCUT2D eigenvalue weighted by Gasteiger charge is -2.28. The van der Waals surface area contributed by atoms with Gasteiger partial charge < -0.3 is 20.7 Å². The molecule has 1 saturated heterocycles. The third-order valence-corrected chi connectivity index (χ3v) is 5.24. The number of benzene rings is 1. The molecule has 2 aliphatic rings. The number of carbonyl (C=O) groups is 2. The van der Waals surface area contributed by atoms with E-state index >= 15 is 0 Å². The fraction of sp³-hybridized carbons (Fsp3) is 0.579. The van der Waals surface area contributed by atoms with Crippen LogP contribution < -0.4 is 20.7 Å². The van der Waals surface area contributed by atoms with Crippen molar-refractivity contribution in [3.05, 3.63) is 18.2 Å². The Morgan fingerprint density at radius 3 is 2.80 bits per heavy atom. The van der Waals surface area contributed by atoms with Gasteiger partial charge in [-0.05, 0) is 37.3 Å². The number of methoxy groups -OCH3 is 1. The van der Waals surface area contributed by atoms with Gasteiger partial charge >= 0.3 is 0 Å². The van der Waals surface area contributed by atoms with Gasteiger partial charge in [-0.2, -0.15) is 0 Å². The quantitative estimate of drug-likeness (QED) is 0.859. The Hall–Kier alpha value is -2.08. The Morgan fingerprint density at radius 2 is 2.12 bits per heavy atom. The van der Waals surface area contributed by atoms with Gasteiger partial charge in [0.25, 0.3) is 0 Å². The number of hydrogen-bond acceptors (Lipinski definition) is 4. The summed E-state index contributed by atoms with van der Waals surface area (Å²) in [7, 11) is 1.58. The van der Waals surface area contributed by atoms with Crippen LogP contribution in [0.1, 0.15) is 44.9 Å². The number of hydrogen-bond donors (Lipinski definition) is 2. The van der Waals surface area contributed by atoms with Crippen LogP contribution in [-0.2, 0) is 9.59 Å². The van der Waals surface area contributed by atoms with E-state index in [0.717, 1.165) is 37.8 Å². The van der Waals surface area contributed by atoms with Crippen LogP contribution >= 0.6 is 0 Å². The van der Waals surface area contributed by atoms with Gasteiger partial charge in [-0.1, -0.05) is 12.8 Å². The summed E-state index contributed by atoms with van der Waals surface area (Å²) < 4.78 is 5.43. The molecule has 1 heterocycles. The monoisotopic (exact) mass is 345 g/mol. The summed E-state index contributed by atoms with van der Waals surface area (Å²) in [4.78, 5) is 26.0. The van der Waals surface area contributed by atoms with Crippen molar-refractivity contribution in [1.29, 1.82) is 0 Å². The highest BCUT2D eigenvalue weighted by molar-refractivity contribution is 5.98. The van der Waals surface area contributed by atoms with Gasteiger partial charge in [0.1, 0.15) is 5.75 Å². The van der Waals surface area contributed by atoms with Crippen molar-refractivity contribution in [3.63, 3.8) is 0 Å². The molecule has 1 aromatic rings. The molecule has 136 valence electrons. The van der Waals surface area contributed by atoms with E-state index in [4.69, 9.17) is 10.5 Å². The van der Waals surface area contributed by atoms with Crippen molar-refractivity contribution in [2.75, 3.05) is 23.9 Å². The molecule has 0 aromatic heterocycles. The Balaban J connectivity index is 1.66. The molecule has 2 unspecified atom stereocenters. The van der Waals surface area contributed by atoms with Crippen LogP contribution in [0.2, 0.25) is 0 Å². The summed E-state index contributed by atoms with van der Waals surface area (Å²) in [6, 6.07) is 5.56. The van der Waals surface area contributed by atoms with Crippen molar-refractivity contribution >= 4 is 23.2 Å². The first-order valence-corrected chi connectivity index (χ1v) is 9.12. The number of nitrogens with one attached hydrogen (secondary N) is 1. The van der Waals surface area contributed by atoms with Gasteiger partial charge in [0.15, 0.2) is 0 Å². The molecule has 0 spiro atoms. The highest BCUT2D eigenvalue weighted by atomic mass is 16.5. The molecule has 6 heteroatoms. The molecule has 1 saturated carbocycles. The first kappa shape index (κ1) is 17.7. The largest absolute Gasteiger partial charge is 0.494 e. The average molecular weight is 345 g/mol. The van der Waals surface area contributed by atoms with E-state index in [1.807, 2.05) is 12.1 Å². The number of anilines is 2. The molecular weight excluding hydrogens is 318 g/mol. The summed E-state index contributed by atoms with van der Waals surface area (Å²) in [6.07, 6.45) is 6.23. The highest BCUT2D eigenvalue weighted by Gasteiger charge is 2.26. The number of rotatable bonds is 5. The van der Waals surface area contributed by atoms with Crippen LogP contribution in [-0.4, -0.2) is 31.5 Å². The average Bonchev–Trinajstić information content (AvgIpc) is 3.02. The minimum Gasteiger partial charge on any atom is -0.494 e. The van der Waals surface area contributed by atoms with Crippen molar-refractivity contribution in [2.45, 2.75) is 51.0 Å². The molecule has 2 fully saturated rings. The minimum atomic E-state index is -0.0191. The maximum absolute atomic E-state index is 12.3. The van der Waals surface area contributed by atoms with Crippen molar-refractivity contribution < 1.29 is 14.3 Å². The summed E-state index contributed by atoms with van der Waals surface area (Å²) >= 11 is 0. The van der Waals surface area contributed by atoms with Gasteiger partial charge in [0.05, 0.1) is 12.8 Å². The third-order valence-electron chi connectivity index (χ3n) is 5.24. The van der Waals surface area contributed by atoms with Crippen LogP contribution in [0, 0.1) is 5.92 Å². The molecule has 1 aromatic carbocycles. The molecule has 3 rings (SSSR count). The lowest BCUT2D eigenvalue weighted by atomic mass is 9.83. The van der Waals surface area contributed by atoms with E-state index in [1.54, 1.807) is 18.1 Å². The zero-order valence-corrected chi connectivity index (χ0v) is 14.8. The van der Waals surface area contributed by atoms with E-state index in [1.165, 1.54) is 0 Å². The number of ether oxygens (including phenoxy) is 1. The second-order valence-corrected chi connectivity index (χ2v) is 7.00. The minimum absolute atomic E-state index is 0.0191. The van der Waals surface area contributed by atoms with Crippen molar-refractivity contribution in [2.24, 2.45) is 11.7 Å². The molecule has 2 atom stereocenters. The molecule has 2 amide bonds. The molecule has 6 nitrogen and oxygen atoms in total. The predicted molar refractivity (Wildman–Crippen MR) is 97.8 cm³/mol. The fourth-order valence-corrected chi connectivity index (χ4v) is 3.82. The zero-order chi connectivity index (χ0) is 17.8. The Kier molecular flexibility index (Phi) is 5.58. The van der Waals surface area contributed by atoms with Gasteiger partial charge in [-0.3, -0.25) is 9.59 Å². The first-order valence-electron chi connectivity index (χ1n) is 9.12. The van der Waals surface area contributed by atoms with Crippen molar-refractivity contribution in [3.8, 4) is 5.75 Å². The summed E-state index contributed by atoms with van der Waals surface area (Å²) in [5.74, 6) is 0.954. The number of nitrogens with zero attached hydrogens (tertiary/aromatic N) is 1. The Bertz CT molecular complexity index is 647. The molecular formula is C19H27N3O3. The topological polar surface area (TPSA) is 84.7 Å². The Morgan fingerprint density at radius 1 is 1.32 bits per heavy atom. The van der Waals surface area contributed by atoms with E-state index in [0.29, 0.717) is 30.8 Å². The lowest BCUT2D eigenvalue weighted by Crippen LogP contribution is -2.35. The fourth-order valence-electron chi connectivity index (χ4n) is 3.82. The summed E-state index contributed by atoms with van der Waals surface area (Å²) in [5.41, 5.74) is 7.58. The van der Waals surface area contributed by atoms with E-state index < -0.39 is 0 Å². The number of amides is 2. The van der Waals surface area contributed by atoms with Gasteiger partial charge in [-0.25, -0.2) is 0 Å². The summed E-state index contributed by atoms with van der Waals surface area (Å²) in [5, 5.41) is 2.94. The van der Waals surface area contributed by atoms with E-state index in [-0.39, 0.29) is 23.8 Å². The molecule has 25 heavy (non-hydrogen) atoms. The van der Waals surface area contributed by atoms with E-state index in [2.05, 4.69) is 5.32 Å². The van der Waals surface area contributed by atoms with Crippen LogP contribution in [0.3, 0.4) is 0 Å². The molecule has 1 aliphatic carbocycles. The summed E-state index contributed by atoms with van der Waals surface area (Å²) in [6.45, 7) is 0.709. The van der Waals surface area contributed by atoms with Gasteiger partial charge in [0.2, 0.25) is 11.8 Å². The number of nitrogens with two attached hydrogens (primary N) is 1. The number of carbonyl (C=O) groups excluding carboxylic acids is 2. The maximum Gasteiger partial charge on any atom is 0.227 e. The second-order valence-electron chi connectivity index (χ2n) is 7.00. The van der Waals surface area contributed by atoms with Crippen LogP contribution in [0.25, 0.3) is 0 Å². The molecule has 0 radical (unpaired) electrons. The second kappa shape index (κ2) is 7.87. The van der Waals surface area contributed by atoms with E-state index in [9.17, 15) is 9.59 Å². The zero-order valence-electron chi connectivity index (χ0n) is 14.8.